The third kappa shape index (κ3) is 4.83. The summed E-state index contributed by atoms with van der Waals surface area (Å²) in [5.74, 6) is 0.447. The predicted molar refractivity (Wildman–Crippen MR) is 84.3 cm³/mol. The second-order valence-electron chi connectivity index (χ2n) is 6.20. The maximum Gasteiger partial charge on any atom is 0.337 e. The molecule has 1 fully saturated rings. The number of benzene rings is 1. The van der Waals surface area contributed by atoms with Gasteiger partial charge in [-0.2, -0.15) is 0 Å². The third-order valence-corrected chi connectivity index (χ3v) is 3.88. The summed E-state index contributed by atoms with van der Waals surface area (Å²) in [5, 5.41) is 3.59. The number of rotatable bonds is 5. The lowest BCUT2D eigenvalue weighted by Crippen LogP contribution is -2.50. The molecule has 0 bridgehead atoms. The Balaban J connectivity index is 1.90. The Morgan fingerprint density at radius 1 is 1.38 bits per heavy atom. The number of methoxy groups -OCH3 is 1. The molecule has 1 atom stereocenters. The third-order valence-electron chi connectivity index (χ3n) is 3.88. The summed E-state index contributed by atoms with van der Waals surface area (Å²) in [4.78, 5) is 13.9. The van der Waals surface area contributed by atoms with Crippen LogP contribution in [0.15, 0.2) is 24.3 Å². The average Bonchev–Trinajstić information content (AvgIpc) is 2.47. The van der Waals surface area contributed by atoms with Gasteiger partial charge < -0.3 is 10.1 Å². The standard InChI is InChI=1S/C17H26N2O2/c1-13(2)10-16-12-19(9-8-18-16)11-14-4-6-15(7-5-14)17(20)21-3/h4-7,13,16,18H,8-12H2,1-3H3/t16-/m0/s1. The summed E-state index contributed by atoms with van der Waals surface area (Å²) in [6.45, 7) is 8.71. The molecule has 116 valence electrons. The number of nitrogens with zero attached hydrogens (tertiary/aromatic N) is 1. The van der Waals surface area contributed by atoms with Gasteiger partial charge in [0.25, 0.3) is 0 Å². The first kappa shape index (κ1) is 16.0. The highest BCUT2D eigenvalue weighted by atomic mass is 16.5. The minimum Gasteiger partial charge on any atom is -0.465 e. The summed E-state index contributed by atoms with van der Waals surface area (Å²) in [5.41, 5.74) is 1.85. The molecular weight excluding hydrogens is 264 g/mol. The Morgan fingerprint density at radius 3 is 2.71 bits per heavy atom. The van der Waals surface area contributed by atoms with Gasteiger partial charge in [-0.3, -0.25) is 4.90 Å². The van der Waals surface area contributed by atoms with Gasteiger partial charge in [-0.05, 0) is 30.0 Å². The normalized spacial score (nSPS) is 19.7. The van der Waals surface area contributed by atoms with Gasteiger partial charge in [0.2, 0.25) is 0 Å². The van der Waals surface area contributed by atoms with Crippen molar-refractivity contribution in [2.75, 3.05) is 26.7 Å². The highest BCUT2D eigenvalue weighted by Crippen LogP contribution is 2.13. The van der Waals surface area contributed by atoms with Crippen LogP contribution in [0.2, 0.25) is 0 Å². The van der Waals surface area contributed by atoms with Gasteiger partial charge in [0.05, 0.1) is 12.7 Å². The molecule has 21 heavy (non-hydrogen) atoms. The molecule has 0 aromatic heterocycles. The van der Waals surface area contributed by atoms with Gasteiger partial charge in [-0.1, -0.05) is 26.0 Å². The van der Waals surface area contributed by atoms with Gasteiger partial charge in [0.15, 0.2) is 0 Å². The smallest absolute Gasteiger partial charge is 0.337 e. The molecule has 0 unspecified atom stereocenters. The molecule has 1 aliphatic rings. The van der Waals surface area contributed by atoms with Crippen molar-refractivity contribution in [1.29, 1.82) is 0 Å². The summed E-state index contributed by atoms with van der Waals surface area (Å²) >= 11 is 0. The van der Waals surface area contributed by atoms with Crippen LogP contribution in [0.1, 0.15) is 36.2 Å². The summed E-state index contributed by atoms with van der Waals surface area (Å²) in [6.07, 6.45) is 1.22. The van der Waals surface area contributed by atoms with Crippen LogP contribution in [-0.2, 0) is 11.3 Å². The number of carbonyl (C=O) groups is 1. The van der Waals surface area contributed by atoms with E-state index >= 15 is 0 Å². The average molecular weight is 290 g/mol. The Labute approximate surface area is 127 Å². The van der Waals surface area contributed by atoms with E-state index in [-0.39, 0.29) is 5.97 Å². The lowest BCUT2D eigenvalue weighted by Gasteiger charge is -2.34. The van der Waals surface area contributed by atoms with E-state index in [9.17, 15) is 4.79 Å². The van der Waals surface area contributed by atoms with E-state index in [1.807, 2.05) is 24.3 Å². The van der Waals surface area contributed by atoms with E-state index in [4.69, 9.17) is 4.74 Å². The molecule has 1 aliphatic heterocycles. The lowest BCUT2D eigenvalue weighted by atomic mass is 10.0. The number of hydrogen-bond donors (Lipinski definition) is 1. The molecule has 4 heteroatoms. The first-order chi connectivity index (χ1) is 10.1. The van der Waals surface area contributed by atoms with E-state index < -0.39 is 0 Å². The molecule has 0 aliphatic carbocycles. The highest BCUT2D eigenvalue weighted by Gasteiger charge is 2.20. The molecule has 1 N–H and O–H groups in total. The minimum absolute atomic E-state index is 0.277. The summed E-state index contributed by atoms with van der Waals surface area (Å²) < 4.78 is 4.72. The molecule has 4 nitrogen and oxygen atoms in total. The fourth-order valence-corrected chi connectivity index (χ4v) is 2.89. The zero-order valence-electron chi connectivity index (χ0n) is 13.3. The lowest BCUT2D eigenvalue weighted by molar-refractivity contribution is 0.0600. The van der Waals surface area contributed by atoms with Crippen LogP contribution < -0.4 is 5.32 Å². The molecule has 0 radical (unpaired) electrons. The number of hydrogen-bond acceptors (Lipinski definition) is 4. The fourth-order valence-electron chi connectivity index (χ4n) is 2.89. The summed E-state index contributed by atoms with van der Waals surface area (Å²) in [6, 6.07) is 8.31. The Morgan fingerprint density at radius 2 is 2.10 bits per heavy atom. The molecule has 1 saturated heterocycles. The monoisotopic (exact) mass is 290 g/mol. The maximum atomic E-state index is 11.4. The second-order valence-corrected chi connectivity index (χ2v) is 6.20. The quantitative estimate of drug-likeness (QED) is 0.845. The van der Waals surface area contributed by atoms with Crippen LogP contribution in [0.5, 0.6) is 0 Å². The number of piperazine rings is 1. The molecule has 0 amide bonds. The van der Waals surface area contributed by atoms with Crippen LogP contribution >= 0.6 is 0 Å². The van der Waals surface area contributed by atoms with Crippen molar-refractivity contribution in [3.05, 3.63) is 35.4 Å². The predicted octanol–water partition coefficient (Wildman–Crippen LogP) is 2.29. The van der Waals surface area contributed by atoms with Crippen LogP contribution in [-0.4, -0.2) is 43.7 Å². The molecule has 2 rings (SSSR count). The Kier molecular flexibility index (Phi) is 5.76. The largest absolute Gasteiger partial charge is 0.465 e. The molecular formula is C17H26N2O2. The second kappa shape index (κ2) is 7.57. The number of carbonyl (C=O) groups excluding carboxylic acids is 1. The van der Waals surface area contributed by atoms with Gasteiger partial charge in [-0.15, -0.1) is 0 Å². The van der Waals surface area contributed by atoms with Crippen LogP contribution in [0, 0.1) is 5.92 Å². The van der Waals surface area contributed by atoms with E-state index in [1.54, 1.807) is 0 Å². The van der Waals surface area contributed by atoms with Crippen molar-refractivity contribution in [3.63, 3.8) is 0 Å². The van der Waals surface area contributed by atoms with Crippen molar-refractivity contribution >= 4 is 5.97 Å². The number of ether oxygens (including phenoxy) is 1. The molecule has 1 aromatic rings. The van der Waals surface area contributed by atoms with E-state index in [1.165, 1.54) is 19.1 Å². The van der Waals surface area contributed by atoms with E-state index in [0.29, 0.717) is 11.6 Å². The fraction of sp³-hybridized carbons (Fsp3) is 0.588. The topological polar surface area (TPSA) is 41.6 Å². The maximum absolute atomic E-state index is 11.4. The van der Waals surface area contributed by atoms with Crippen LogP contribution in [0.4, 0.5) is 0 Å². The SMILES string of the molecule is COC(=O)c1ccc(CN2CCN[C@@H](CC(C)C)C2)cc1. The van der Waals surface area contributed by atoms with Crippen LogP contribution in [0.25, 0.3) is 0 Å². The number of nitrogens with one attached hydrogen (secondary N) is 1. The molecule has 0 spiro atoms. The van der Waals surface area contributed by atoms with Gasteiger partial charge >= 0.3 is 5.97 Å². The summed E-state index contributed by atoms with van der Waals surface area (Å²) in [7, 11) is 1.41. The molecule has 1 aromatic carbocycles. The van der Waals surface area contributed by atoms with Crippen molar-refractivity contribution < 1.29 is 9.53 Å². The van der Waals surface area contributed by atoms with Crippen molar-refractivity contribution in [2.24, 2.45) is 5.92 Å². The highest BCUT2D eigenvalue weighted by molar-refractivity contribution is 5.89. The molecule has 0 saturated carbocycles. The van der Waals surface area contributed by atoms with Gasteiger partial charge in [0.1, 0.15) is 0 Å². The number of esters is 1. The van der Waals surface area contributed by atoms with Crippen LogP contribution in [0.3, 0.4) is 0 Å². The van der Waals surface area contributed by atoms with Gasteiger partial charge in [-0.25, -0.2) is 4.79 Å². The Bertz CT molecular complexity index is 456. The molecule has 1 heterocycles. The van der Waals surface area contributed by atoms with E-state index in [0.717, 1.165) is 32.1 Å². The van der Waals surface area contributed by atoms with Gasteiger partial charge in [0, 0.05) is 32.2 Å². The van der Waals surface area contributed by atoms with Crippen molar-refractivity contribution in [3.8, 4) is 0 Å². The first-order valence-corrected chi connectivity index (χ1v) is 7.71. The first-order valence-electron chi connectivity index (χ1n) is 7.71. The minimum atomic E-state index is -0.277. The van der Waals surface area contributed by atoms with E-state index in [2.05, 4.69) is 24.1 Å². The zero-order chi connectivity index (χ0) is 15.2. The Hall–Kier alpha value is -1.39. The van der Waals surface area contributed by atoms with Crippen molar-refractivity contribution in [2.45, 2.75) is 32.9 Å². The van der Waals surface area contributed by atoms with Crippen molar-refractivity contribution in [1.82, 2.24) is 10.2 Å². The zero-order valence-corrected chi connectivity index (χ0v) is 13.3.